The van der Waals surface area contributed by atoms with Crippen LogP contribution in [0.15, 0.2) is 59.5 Å². The fourth-order valence-corrected chi connectivity index (χ4v) is 2.81. The Kier molecular flexibility index (Phi) is 7.10. The van der Waals surface area contributed by atoms with E-state index in [-0.39, 0.29) is 24.0 Å². The molecular formula is C17H18N2O4S. The van der Waals surface area contributed by atoms with Crippen LogP contribution in [0.25, 0.3) is 0 Å². The first-order valence-corrected chi connectivity index (χ1v) is 8.46. The van der Waals surface area contributed by atoms with Crippen LogP contribution < -0.4 is 10.1 Å². The Labute approximate surface area is 144 Å². The van der Waals surface area contributed by atoms with Gasteiger partial charge < -0.3 is 10.1 Å². The predicted octanol–water partition coefficient (Wildman–Crippen LogP) is 3.27. The summed E-state index contributed by atoms with van der Waals surface area (Å²) >= 11 is 1.73. The molecule has 0 heterocycles. The zero-order valence-electron chi connectivity index (χ0n) is 13.0. The molecule has 0 atom stereocenters. The molecule has 0 saturated carbocycles. The molecule has 0 aromatic heterocycles. The van der Waals surface area contributed by atoms with Crippen molar-refractivity contribution in [3.05, 3.63) is 64.7 Å². The first-order chi connectivity index (χ1) is 11.7. The van der Waals surface area contributed by atoms with Crippen molar-refractivity contribution in [3.63, 3.8) is 0 Å². The highest BCUT2D eigenvalue weighted by atomic mass is 32.2. The summed E-state index contributed by atoms with van der Waals surface area (Å²) in [6.45, 7) is 0.301. The SMILES string of the molecule is O=C(COc1ccccc1[N+](=O)[O-])NCCCSc1ccccc1. The van der Waals surface area contributed by atoms with Crippen LogP contribution in [0.1, 0.15) is 6.42 Å². The number of carbonyl (C=O) groups excluding carboxylic acids is 1. The molecule has 0 spiro atoms. The molecule has 0 saturated heterocycles. The summed E-state index contributed by atoms with van der Waals surface area (Å²) in [7, 11) is 0. The van der Waals surface area contributed by atoms with Crippen LogP contribution in [-0.2, 0) is 4.79 Å². The average molecular weight is 346 g/mol. The number of nitro benzene ring substituents is 1. The standard InChI is InChI=1S/C17H18N2O4S/c20-17(13-23-16-10-5-4-9-15(16)19(21)22)18-11-6-12-24-14-7-2-1-3-8-14/h1-5,7-10H,6,11-13H2,(H,18,20). The number of para-hydroxylation sites is 2. The summed E-state index contributed by atoms with van der Waals surface area (Å²) in [5, 5.41) is 13.6. The Balaban J connectivity index is 1.64. The number of benzene rings is 2. The van der Waals surface area contributed by atoms with E-state index in [4.69, 9.17) is 4.74 Å². The highest BCUT2D eigenvalue weighted by Crippen LogP contribution is 2.25. The first-order valence-electron chi connectivity index (χ1n) is 7.47. The molecule has 2 aromatic carbocycles. The maximum atomic E-state index is 11.7. The van der Waals surface area contributed by atoms with Crippen LogP contribution in [0.3, 0.4) is 0 Å². The average Bonchev–Trinajstić information content (AvgIpc) is 2.60. The van der Waals surface area contributed by atoms with Gasteiger partial charge in [-0.3, -0.25) is 14.9 Å². The lowest BCUT2D eigenvalue weighted by Gasteiger charge is -2.07. The van der Waals surface area contributed by atoms with Gasteiger partial charge in [0.2, 0.25) is 0 Å². The van der Waals surface area contributed by atoms with Crippen molar-refractivity contribution in [1.29, 1.82) is 0 Å². The lowest BCUT2D eigenvalue weighted by atomic mass is 10.3. The number of amides is 1. The van der Waals surface area contributed by atoms with Crippen molar-refractivity contribution >= 4 is 23.4 Å². The number of rotatable bonds is 9. The minimum Gasteiger partial charge on any atom is -0.477 e. The maximum Gasteiger partial charge on any atom is 0.310 e. The van der Waals surface area contributed by atoms with Crippen molar-refractivity contribution in [1.82, 2.24) is 5.32 Å². The van der Waals surface area contributed by atoms with Crippen molar-refractivity contribution in [2.75, 3.05) is 18.9 Å². The van der Waals surface area contributed by atoms with Crippen LogP contribution in [0, 0.1) is 10.1 Å². The molecule has 126 valence electrons. The van der Waals surface area contributed by atoms with Gasteiger partial charge in [0.15, 0.2) is 12.4 Å². The number of nitro groups is 1. The zero-order chi connectivity index (χ0) is 17.2. The molecule has 0 fully saturated rings. The quantitative estimate of drug-likeness (QED) is 0.326. The molecule has 2 aromatic rings. The molecular weight excluding hydrogens is 328 g/mol. The third-order valence-electron chi connectivity index (χ3n) is 3.08. The van der Waals surface area contributed by atoms with Gasteiger partial charge in [0.05, 0.1) is 4.92 Å². The Morgan fingerprint density at radius 1 is 1.12 bits per heavy atom. The number of hydrogen-bond donors (Lipinski definition) is 1. The van der Waals surface area contributed by atoms with Gasteiger partial charge in [0.25, 0.3) is 5.91 Å². The van der Waals surface area contributed by atoms with Gasteiger partial charge in [-0.2, -0.15) is 0 Å². The number of thioether (sulfide) groups is 1. The van der Waals surface area contributed by atoms with Gasteiger partial charge in [-0.1, -0.05) is 30.3 Å². The lowest BCUT2D eigenvalue weighted by molar-refractivity contribution is -0.385. The topological polar surface area (TPSA) is 81.5 Å². The van der Waals surface area contributed by atoms with Crippen molar-refractivity contribution < 1.29 is 14.5 Å². The Hall–Kier alpha value is -2.54. The number of hydrogen-bond acceptors (Lipinski definition) is 5. The molecule has 0 unspecified atom stereocenters. The molecule has 24 heavy (non-hydrogen) atoms. The third-order valence-corrected chi connectivity index (χ3v) is 4.17. The molecule has 0 radical (unpaired) electrons. The second-order valence-electron chi connectivity index (χ2n) is 4.88. The van der Waals surface area contributed by atoms with E-state index in [1.807, 2.05) is 30.3 Å². The van der Waals surface area contributed by atoms with Crippen LogP contribution in [0.5, 0.6) is 5.75 Å². The monoisotopic (exact) mass is 346 g/mol. The number of nitrogens with one attached hydrogen (secondary N) is 1. The summed E-state index contributed by atoms with van der Waals surface area (Å²) in [5.74, 6) is 0.699. The van der Waals surface area contributed by atoms with Crippen molar-refractivity contribution in [2.45, 2.75) is 11.3 Å². The van der Waals surface area contributed by atoms with E-state index < -0.39 is 4.92 Å². The van der Waals surface area contributed by atoms with E-state index in [9.17, 15) is 14.9 Å². The number of ether oxygens (including phenoxy) is 1. The molecule has 1 N–H and O–H groups in total. The first kappa shape index (κ1) is 17.8. The van der Waals surface area contributed by atoms with Gasteiger partial charge >= 0.3 is 5.69 Å². The fourth-order valence-electron chi connectivity index (χ4n) is 1.93. The van der Waals surface area contributed by atoms with Crippen molar-refractivity contribution in [3.8, 4) is 5.75 Å². The molecule has 7 heteroatoms. The highest BCUT2D eigenvalue weighted by molar-refractivity contribution is 7.99. The van der Waals surface area contributed by atoms with Gasteiger partial charge in [0, 0.05) is 17.5 Å². The summed E-state index contributed by atoms with van der Waals surface area (Å²) in [4.78, 5) is 23.2. The van der Waals surface area contributed by atoms with E-state index in [2.05, 4.69) is 5.32 Å². The van der Waals surface area contributed by atoms with Crippen LogP contribution in [0.2, 0.25) is 0 Å². The largest absolute Gasteiger partial charge is 0.477 e. The highest BCUT2D eigenvalue weighted by Gasteiger charge is 2.14. The predicted molar refractivity (Wildman–Crippen MR) is 93.4 cm³/mol. The smallest absolute Gasteiger partial charge is 0.310 e. The second kappa shape index (κ2) is 9.57. The Morgan fingerprint density at radius 3 is 2.58 bits per heavy atom. The van der Waals surface area contributed by atoms with Gasteiger partial charge in [-0.25, -0.2) is 0 Å². The summed E-state index contributed by atoms with van der Waals surface area (Å²) in [6, 6.07) is 16.0. The molecule has 2 rings (SSSR count). The molecule has 0 aliphatic rings. The Morgan fingerprint density at radius 2 is 1.83 bits per heavy atom. The minimum absolute atomic E-state index is 0.0947. The molecule has 6 nitrogen and oxygen atoms in total. The number of nitrogens with zero attached hydrogens (tertiary/aromatic N) is 1. The third kappa shape index (κ3) is 5.92. The van der Waals surface area contributed by atoms with E-state index in [0.29, 0.717) is 6.54 Å². The number of carbonyl (C=O) groups is 1. The van der Waals surface area contributed by atoms with E-state index in [0.717, 1.165) is 12.2 Å². The van der Waals surface area contributed by atoms with Gasteiger partial charge in [-0.05, 0) is 30.4 Å². The maximum absolute atomic E-state index is 11.7. The molecule has 0 aliphatic heterocycles. The second-order valence-corrected chi connectivity index (χ2v) is 6.05. The van der Waals surface area contributed by atoms with Crippen LogP contribution in [0.4, 0.5) is 5.69 Å². The van der Waals surface area contributed by atoms with Crippen LogP contribution in [-0.4, -0.2) is 29.7 Å². The molecule has 0 aliphatic carbocycles. The molecule has 0 bridgehead atoms. The zero-order valence-corrected chi connectivity index (χ0v) is 13.8. The van der Waals surface area contributed by atoms with E-state index in [1.54, 1.807) is 23.9 Å². The van der Waals surface area contributed by atoms with Gasteiger partial charge in [0.1, 0.15) is 0 Å². The normalized spacial score (nSPS) is 10.2. The summed E-state index contributed by atoms with van der Waals surface area (Å²) < 4.78 is 5.23. The summed E-state index contributed by atoms with van der Waals surface area (Å²) in [5.41, 5.74) is -0.149. The van der Waals surface area contributed by atoms with E-state index in [1.165, 1.54) is 17.0 Å². The molecule has 1 amide bonds. The van der Waals surface area contributed by atoms with Crippen LogP contribution >= 0.6 is 11.8 Å². The summed E-state index contributed by atoms with van der Waals surface area (Å²) in [6.07, 6.45) is 0.830. The Bertz CT molecular complexity index is 679. The van der Waals surface area contributed by atoms with E-state index >= 15 is 0 Å². The fraction of sp³-hybridized carbons (Fsp3) is 0.235. The minimum atomic E-state index is -0.534. The van der Waals surface area contributed by atoms with Gasteiger partial charge in [-0.15, -0.1) is 11.8 Å². The lowest BCUT2D eigenvalue weighted by Crippen LogP contribution is -2.30. The van der Waals surface area contributed by atoms with Crippen molar-refractivity contribution in [2.24, 2.45) is 0 Å².